The van der Waals surface area contributed by atoms with Crippen LogP contribution < -0.4 is 4.90 Å². The fraction of sp³-hybridized carbons (Fsp3) is 0.500. The molecular formula is C14H18ClNO2. The van der Waals surface area contributed by atoms with Crippen LogP contribution in [0.2, 0.25) is 5.02 Å². The van der Waals surface area contributed by atoms with Gasteiger partial charge in [0.15, 0.2) is 0 Å². The van der Waals surface area contributed by atoms with E-state index in [4.69, 9.17) is 16.3 Å². The predicted molar refractivity (Wildman–Crippen MR) is 73.3 cm³/mol. The molecule has 0 aliphatic carbocycles. The quantitative estimate of drug-likeness (QED) is 0.710. The number of amides is 1. The van der Waals surface area contributed by atoms with Crippen molar-refractivity contribution in [2.24, 2.45) is 0 Å². The summed E-state index contributed by atoms with van der Waals surface area (Å²) < 4.78 is 5.43. The lowest BCUT2D eigenvalue weighted by molar-refractivity contribution is 0.0572. The van der Waals surface area contributed by atoms with Gasteiger partial charge in [0, 0.05) is 6.04 Å². The van der Waals surface area contributed by atoms with E-state index < -0.39 is 5.60 Å². The first kappa shape index (κ1) is 13.2. The number of nitrogens with zero attached hydrogens (tertiary/aromatic N) is 1. The smallest absolute Gasteiger partial charge is 0.415 e. The number of anilines is 1. The summed E-state index contributed by atoms with van der Waals surface area (Å²) in [5.41, 5.74) is 1.39. The van der Waals surface area contributed by atoms with E-state index in [-0.39, 0.29) is 12.1 Å². The lowest BCUT2D eigenvalue weighted by Crippen LogP contribution is -2.40. The van der Waals surface area contributed by atoms with Crippen molar-refractivity contribution < 1.29 is 9.53 Å². The molecule has 0 saturated carbocycles. The number of hydrogen-bond donors (Lipinski definition) is 0. The summed E-state index contributed by atoms with van der Waals surface area (Å²) in [4.78, 5) is 13.9. The summed E-state index contributed by atoms with van der Waals surface area (Å²) in [5.74, 6) is 0. The zero-order valence-electron chi connectivity index (χ0n) is 11.2. The first-order valence-electron chi connectivity index (χ1n) is 6.09. The fourth-order valence-electron chi connectivity index (χ4n) is 2.21. The first-order valence-corrected chi connectivity index (χ1v) is 6.47. The third-order valence-electron chi connectivity index (χ3n) is 2.86. The molecule has 0 saturated heterocycles. The summed E-state index contributed by atoms with van der Waals surface area (Å²) in [6.07, 6.45) is 0.483. The molecule has 4 heteroatoms. The van der Waals surface area contributed by atoms with E-state index >= 15 is 0 Å². The Morgan fingerprint density at radius 1 is 1.44 bits per heavy atom. The summed E-state index contributed by atoms with van der Waals surface area (Å²) in [6.45, 7) is 7.58. The summed E-state index contributed by atoms with van der Waals surface area (Å²) in [6, 6.07) is 5.79. The lowest BCUT2D eigenvalue weighted by Gasteiger charge is -2.28. The van der Waals surface area contributed by atoms with Gasteiger partial charge < -0.3 is 4.74 Å². The minimum atomic E-state index is -0.499. The van der Waals surface area contributed by atoms with E-state index in [9.17, 15) is 4.79 Å². The van der Waals surface area contributed by atoms with Crippen LogP contribution in [0.15, 0.2) is 18.2 Å². The standard InChI is InChI=1S/C14H18ClNO2/c1-9-8-10-6-5-7-11(15)12(10)16(9)13(17)18-14(2,3)4/h5-7,9H,8H2,1-4H3. The number of carbonyl (C=O) groups is 1. The second kappa shape index (κ2) is 4.47. The third kappa shape index (κ3) is 2.46. The SMILES string of the molecule is CC1Cc2cccc(Cl)c2N1C(=O)OC(C)(C)C. The Bertz CT molecular complexity index is 479. The highest BCUT2D eigenvalue weighted by Gasteiger charge is 2.35. The summed E-state index contributed by atoms with van der Waals surface area (Å²) in [5, 5.41) is 0.600. The van der Waals surface area contributed by atoms with E-state index in [1.165, 1.54) is 0 Å². The van der Waals surface area contributed by atoms with Crippen LogP contribution in [0.1, 0.15) is 33.3 Å². The second-order valence-corrected chi connectivity index (χ2v) is 6.06. The number of ether oxygens (including phenoxy) is 1. The van der Waals surface area contributed by atoms with Crippen LogP contribution in [0.4, 0.5) is 10.5 Å². The molecule has 3 nitrogen and oxygen atoms in total. The molecule has 98 valence electrons. The molecule has 1 aromatic rings. The van der Waals surface area contributed by atoms with Gasteiger partial charge in [0.2, 0.25) is 0 Å². The van der Waals surface area contributed by atoms with Crippen LogP contribution in [-0.4, -0.2) is 17.7 Å². The molecular weight excluding hydrogens is 250 g/mol. The Labute approximate surface area is 113 Å². The summed E-state index contributed by atoms with van der Waals surface area (Å²) in [7, 11) is 0. The van der Waals surface area contributed by atoms with Crippen LogP contribution >= 0.6 is 11.6 Å². The molecule has 1 heterocycles. The lowest BCUT2D eigenvalue weighted by atomic mass is 10.1. The maximum atomic E-state index is 12.2. The van der Waals surface area contributed by atoms with Crippen LogP contribution in [0.25, 0.3) is 0 Å². The zero-order valence-corrected chi connectivity index (χ0v) is 11.9. The Kier molecular flexibility index (Phi) is 3.28. The Morgan fingerprint density at radius 2 is 2.11 bits per heavy atom. The van der Waals surface area contributed by atoms with Crippen LogP contribution in [-0.2, 0) is 11.2 Å². The zero-order chi connectivity index (χ0) is 13.5. The highest BCUT2D eigenvalue weighted by atomic mass is 35.5. The number of halogens is 1. The van der Waals surface area contributed by atoms with Gasteiger partial charge in [-0.1, -0.05) is 23.7 Å². The molecule has 1 aromatic carbocycles. The van der Waals surface area contributed by atoms with Gasteiger partial charge in [0.05, 0.1) is 10.7 Å². The number of hydrogen-bond acceptors (Lipinski definition) is 2. The molecule has 0 fully saturated rings. The van der Waals surface area contributed by atoms with E-state index in [0.29, 0.717) is 5.02 Å². The Balaban J connectivity index is 2.33. The van der Waals surface area contributed by atoms with Gasteiger partial charge in [-0.05, 0) is 45.7 Å². The van der Waals surface area contributed by atoms with E-state index in [2.05, 4.69) is 0 Å². The van der Waals surface area contributed by atoms with Crippen molar-refractivity contribution in [1.29, 1.82) is 0 Å². The highest BCUT2D eigenvalue weighted by molar-refractivity contribution is 6.34. The van der Waals surface area contributed by atoms with E-state index in [1.807, 2.05) is 39.8 Å². The molecule has 0 N–H and O–H groups in total. The number of fused-ring (bicyclic) bond motifs is 1. The predicted octanol–water partition coefficient (Wildman–Crippen LogP) is 4.03. The molecule has 0 aromatic heterocycles. The molecule has 1 aliphatic rings. The fourth-order valence-corrected chi connectivity index (χ4v) is 2.49. The number of rotatable bonds is 0. The Morgan fingerprint density at radius 3 is 2.72 bits per heavy atom. The van der Waals surface area contributed by atoms with Gasteiger partial charge in [-0.3, -0.25) is 4.90 Å². The topological polar surface area (TPSA) is 29.5 Å². The van der Waals surface area contributed by atoms with Crippen LogP contribution in [0.3, 0.4) is 0 Å². The second-order valence-electron chi connectivity index (χ2n) is 5.65. The van der Waals surface area contributed by atoms with Gasteiger partial charge in [0.25, 0.3) is 0 Å². The molecule has 1 atom stereocenters. The maximum absolute atomic E-state index is 12.2. The van der Waals surface area contributed by atoms with Crippen molar-refractivity contribution in [2.75, 3.05) is 4.90 Å². The number of carbonyl (C=O) groups excluding carboxylic acids is 1. The van der Waals surface area contributed by atoms with Crippen molar-refractivity contribution in [3.8, 4) is 0 Å². The minimum Gasteiger partial charge on any atom is -0.443 e. The first-order chi connectivity index (χ1) is 8.29. The molecule has 0 spiro atoms. The molecule has 1 unspecified atom stereocenters. The van der Waals surface area contributed by atoms with Crippen LogP contribution in [0, 0.1) is 0 Å². The maximum Gasteiger partial charge on any atom is 0.415 e. The average Bonchev–Trinajstić information content (AvgIpc) is 2.53. The molecule has 1 aliphatic heterocycles. The molecule has 0 radical (unpaired) electrons. The van der Waals surface area contributed by atoms with Crippen molar-refractivity contribution in [3.05, 3.63) is 28.8 Å². The largest absolute Gasteiger partial charge is 0.443 e. The highest BCUT2D eigenvalue weighted by Crippen LogP contribution is 2.38. The van der Waals surface area contributed by atoms with Gasteiger partial charge in [-0.15, -0.1) is 0 Å². The van der Waals surface area contributed by atoms with Crippen LogP contribution in [0.5, 0.6) is 0 Å². The monoisotopic (exact) mass is 267 g/mol. The van der Waals surface area contributed by atoms with Crippen molar-refractivity contribution in [2.45, 2.75) is 45.8 Å². The van der Waals surface area contributed by atoms with Gasteiger partial charge >= 0.3 is 6.09 Å². The molecule has 18 heavy (non-hydrogen) atoms. The molecule has 2 rings (SSSR count). The van der Waals surface area contributed by atoms with Gasteiger partial charge in [-0.2, -0.15) is 0 Å². The number of para-hydroxylation sites is 1. The van der Waals surface area contributed by atoms with E-state index in [1.54, 1.807) is 11.0 Å². The van der Waals surface area contributed by atoms with Crippen molar-refractivity contribution >= 4 is 23.4 Å². The number of benzene rings is 1. The van der Waals surface area contributed by atoms with E-state index in [0.717, 1.165) is 17.7 Å². The minimum absolute atomic E-state index is 0.0785. The van der Waals surface area contributed by atoms with Gasteiger partial charge in [-0.25, -0.2) is 4.79 Å². The van der Waals surface area contributed by atoms with Crippen molar-refractivity contribution in [3.63, 3.8) is 0 Å². The Hall–Kier alpha value is -1.22. The molecule has 0 bridgehead atoms. The average molecular weight is 268 g/mol. The third-order valence-corrected chi connectivity index (χ3v) is 3.16. The molecule has 1 amide bonds. The van der Waals surface area contributed by atoms with Gasteiger partial charge in [0.1, 0.15) is 5.60 Å². The normalized spacial score (nSPS) is 18.7. The van der Waals surface area contributed by atoms with Crippen molar-refractivity contribution in [1.82, 2.24) is 0 Å². The summed E-state index contributed by atoms with van der Waals surface area (Å²) >= 11 is 6.20.